The van der Waals surface area contributed by atoms with Gasteiger partial charge in [0.1, 0.15) is 6.04 Å². The van der Waals surface area contributed by atoms with E-state index in [4.69, 9.17) is 5.73 Å². The second-order valence-corrected chi connectivity index (χ2v) is 7.83. The predicted molar refractivity (Wildman–Crippen MR) is 99.6 cm³/mol. The third kappa shape index (κ3) is 3.61. The molecule has 2 aliphatic heterocycles. The molecule has 144 valence electrons. The summed E-state index contributed by atoms with van der Waals surface area (Å²) in [4.78, 5) is 37.8. The average Bonchev–Trinajstić information content (AvgIpc) is 2.97. The van der Waals surface area contributed by atoms with Crippen molar-refractivity contribution in [3.63, 3.8) is 0 Å². The van der Waals surface area contributed by atoms with Crippen molar-refractivity contribution < 1.29 is 14.4 Å². The van der Waals surface area contributed by atoms with E-state index in [1.165, 1.54) is 12.8 Å². The van der Waals surface area contributed by atoms with E-state index in [-0.39, 0.29) is 30.2 Å². The topological polar surface area (TPSA) is 105 Å². The number of benzene rings is 1. The number of hydrogen-bond donors (Lipinski definition) is 3. The maximum atomic E-state index is 12.7. The number of nitrogens with two attached hydrogens (primary N) is 1. The van der Waals surface area contributed by atoms with E-state index >= 15 is 0 Å². The first-order chi connectivity index (χ1) is 13.0. The molecule has 4 N–H and O–H groups in total. The largest absolute Gasteiger partial charge is 0.326 e. The molecule has 27 heavy (non-hydrogen) atoms. The summed E-state index contributed by atoms with van der Waals surface area (Å²) < 4.78 is 0. The zero-order valence-electron chi connectivity index (χ0n) is 15.4. The summed E-state index contributed by atoms with van der Waals surface area (Å²) in [7, 11) is 0. The number of rotatable bonds is 4. The van der Waals surface area contributed by atoms with Crippen LogP contribution in [0, 0.1) is 0 Å². The van der Waals surface area contributed by atoms with E-state index in [2.05, 4.69) is 10.6 Å². The standard InChI is InChI=1S/C20H26N4O3/c21-15-3-1-2-4-16(15)22-10-12-5-6-14-13(9-12)11-24(20(14)27)17-7-8-18(25)23-19(17)26/h5-6,9,15-17,22H,1-4,7-8,10-11,21H2,(H,23,25,26)/t15-,16+,17?/m1/s1. The van der Waals surface area contributed by atoms with Gasteiger partial charge in [-0.05, 0) is 36.5 Å². The highest BCUT2D eigenvalue weighted by atomic mass is 16.2. The van der Waals surface area contributed by atoms with Gasteiger partial charge in [-0.1, -0.05) is 25.0 Å². The molecule has 3 atom stereocenters. The third-order valence-electron chi connectivity index (χ3n) is 5.98. The molecule has 1 aromatic rings. The van der Waals surface area contributed by atoms with Gasteiger partial charge in [-0.3, -0.25) is 19.7 Å². The normalized spacial score (nSPS) is 28.3. The zero-order valence-corrected chi connectivity index (χ0v) is 15.4. The smallest absolute Gasteiger partial charge is 0.255 e. The molecule has 0 radical (unpaired) electrons. The van der Waals surface area contributed by atoms with Gasteiger partial charge < -0.3 is 16.0 Å². The summed E-state index contributed by atoms with van der Waals surface area (Å²) in [5, 5.41) is 5.88. The lowest BCUT2D eigenvalue weighted by Crippen LogP contribution is -2.52. The van der Waals surface area contributed by atoms with Gasteiger partial charge in [0.15, 0.2) is 0 Å². The number of piperidine rings is 1. The predicted octanol–water partition coefficient (Wildman–Crippen LogP) is 0.807. The number of nitrogens with one attached hydrogen (secondary N) is 2. The van der Waals surface area contributed by atoms with Gasteiger partial charge in [-0.2, -0.15) is 0 Å². The summed E-state index contributed by atoms with van der Waals surface area (Å²) in [6.07, 6.45) is 5.25. The van der Waals surface area contributed by atoms with Crippen LogP contribution in [-0.2, 0) is 22.7 Å². The highest BCUT2D eigenvalue weighted by Gasteiger charge is 2.39. The molecule has 0 spiro atoms. The van der Waals surface area contributed by atoms with Crippen molar-refractivity contribution in [2.24, 2.45) is 5.73 Å². The molecule has 1 aliphatic carbocycles. The molecule has 3 amide bonds. The highest BCUT2D eigenvalue weighted by Crippen LogP contribution is 2.28. The van der Waals surface area contributed by atoms with Crippen LogP contribution in [0.5, 0.6) is 0 Å². The number of amides is 3. The molecular formula is C20H26N4O3. The van der Waals surface area contributed by atoms with Gasteiger partial charge >= 0.3 is 0 Å². The molecule has 1 saturated carbocycles. The first-order valence-corrected chi connectivity index (χ1v) is 9.78. The van der Waals surface area contributed by atoms with Crippen molar-refractivity contribution in [3.8, 4) is 0 Å². The fraction of sp³-hybridized carbons (Fsp3) is 0.550. The van der Waals surface area contributed by atoms with Crippen molar-refractivity contribution in [2.45, 2.75) is 69.7 Å². The fourth-order valence-corrected chi connectivity index (χ4v) is 4.40. The molecule has 1 unspecified atom stereocenters. The van der Waals surface area contributed by atoms with Crippen molar-refractivity contribution in [2.75, 3.05) is 0 Å². The lowest BCUT2D eigenvalue weighted by molar-refractivity contribution is -0.136. The number of carbonyl (C=O) groups excluding carboxylic acids is 3. The monoisotopic (exact) mass is 370 g/mol. The van der Waals surface area contributed by atoms with Gasteiger partial charge in [0.25, 0.3) is 5.91 Å². The summed E-state index contributed by atoms with van der Waals surface area (Å²) in [6, 6.07) is 5.84. The van der Waals surface area contributed by atoms with E-state index in [9.17, 15) is 14.4 Å². The molecule has 2 fully saturated rings. The minimum Gasteiger partial charge on any atom is -0.326 e. The Morgan fingerprint density at radius 3 is 2.74 bits per heavy atom. The van der Waals surface area contributed by atoms with Crippen LogP contribution in [0.15, 0.2) is 18.2 Å². The number of fused-ring (bicyclic) bond motifs is 1. The van der Waals surface area contributed by atoms with Crippen molar-refractivity contribution in [1.82, 2.24) is 15.5 Å². The van der Waals surface area contributed by atoms with E-state index in [0.29, 0.717) is 24.6 Å². The minimum atomic E-state index is -0.565. The summed E-state index contributed by atoms with van der Waals surface area (Å²) >= 11 is 0. The van der Waals surface area contributed by atoms with Gasteiger partial charge in [0, 0.05) is 37.2 Å². The molecule has 0 aromatic heterocycles. The first kappa shape index (κ1) is 18.1. The molecule has 7 heteroatoms. The number of hydrogen-bond acceptors (Lipinski definition) is 5. The Morgan fingerprint density at radius 2 is 1.96 bits per heavy atom. The fourth-order valence-electron chi connectivity index (χ4n) is 4.40. The average molecular weight is 370 g/mol. The Morgan fingerprint density at radius 1 is 1.15 bits per heavy atom. The van der Waals surface area contributed by atoms with Crippen molar-refractivity contribution >= 4 is 17.7 Å². The zero-order chi connectivity index (χ0) is 19.0. The Kier molecular flexibility index (Phi) is 4.97. The first-order valence-electron chi connectivity index (χ1n) is 9.78. The maximum Gasteiger partial charge on any atom is 0.255 e. The molecule has 0 bridgehead atoms. The van der Waals surface area contributed by atoms with Crippen LogP contribution in [-0.4, -0.2) is 40.7 Å². The van der Waals surface area contributed by atoms with Gasteiger partial charge in [0.2, 0.25) is 11.8 Å². The highest BCUT2D eigenvalue weighted by molar-refractivity contribution is 6.05. The summed E-state index contributed by atoms with van der Waals surface area (Å²) in [5.41, 5.74) is 8.91. The second kappa shape index (κ2) is 7.40. The van der Waals surface area contributed by atoms with Crippen molar-refractivity contribution in [1.29, 1.82) is 0 Å². The Labute approximate surface area is 158 Å². The van der Waals surface area contributed by atoms with Crippen LogP contribution in [0.1, 0.15) is 60.0 Å². The van der Waals surface area contributed by atoms with Crippen molar-refractivity contribution in [3.05, 3.63) is 34.9 Å². The van der Waals surface area contributed by atoms with Crippen LogP contribution in [0.25, 0.3) is 0 Å². The number of nitrogens with zero attached hydrogens (tertiary/aromatic N) is 1. The van der Waals surface area contributed by atoms with Crippen LogP contribution in [0.2, 0.25) is 0 Å². The van der Waals surface area contributed by atoms with E-state index in [0.717, 1.165) is 30.5 Å². The van der Waals surface area contributed by atoms with E-state index < -0.39 is 6.04 Å². The minimum absolute atomic E-state index is 0.131. The molecule has 3 aliphatic rings. The van der Waals surface area contributed by atoms with Crippen LogP contribution >= 0.6 is 0 Å². The van der Waals surface area contributed by atoms with Crippen LogP contribution < -0.4 is 16.4 Å². The maximum absolute atomic E-state index is 12.7. The Bertz CT molecular complexity index is 778. The SMILES string of the molecule is N[C@@H]1CCCC[C@@H]1NCc1ccc2c(c1)CN(C1CCC(=O)NC1=O)C2=O. The molecule has 2 heterocycles. The third-order valence-corrected chi connectivity index (χ3v) is 5.98. The summed E-state index contributed by atoms with van der Waals surface area (Å²) in [6.45, 7) is 1.13. The second-order valence-electron chi connectivity index (χ2n) is 7.83. The number of imide groups is 1. The van der Waals surface area contributed by atoms with E-state index in [1.807, 2.05) is 18.2 Å². The Balaban J connectivity index is 1.43. The van der Waals surface area contributed by atoms with Gasteiger partial charge in [-0.15, -0.1) is 0 Å². The van der Waals surface area contributed by atoms with Crippen LogP contribution in [0.3, 0.4) is 0 Å². The molecule has 4 rings (SSSR count). The molecule has 7 nitrogen and oxygen atoms in total. The lowest BCUT2D eigenvalue weighted by atomic mass is 9.91. The van der Waals surface area contributed by atoms with E-state index in [1.54, 1.807) is 4.90 Å². The molecular weight excluding hydrogens is 344 g/mol. The summed E-state index contributed by atoms with van der Waals surface area (Å²) in [5.74, 6) is -0.774. The van der Waals surface area contributed by atoms with Gasteiger partial charge in [-0.25, -0.2) is 0 Å². The lowest BCUT2D eigenvalue weighted by Gasteiger charge is -2.29. The molecule has 1 saturated heterocycles. The Hall–Kier alpha value is -2.25. The van der Waals surface area contributed by atoms with Crippen LogP contribution in [0.4, 0.5) is 0 Å². The quantitative estimate of drug-likeness (QED) is 0.680. The number of carbonyl (C=O) groups is 3. The molecule has 1 aromatic carbocycles. The van der Waals surface area contributed by atoms with Gasteiger partial charge in [0.05, 0.1) is 0 Å².